The lowest BCUT2D eigenvalue weighted by Crippen LogP contribution is -2.02. The first-order valence-corrected chi connectivity index (χ1v) is 6.10. The number of aryl methyl sites for hydroxylation is 1. The molecule has 0 bridgehead atoms. The van der Waals surface area contributed by atoms with Gasteiger partial charge in [-0.2, -0.15) is 9.61 Å². The van der Waals surface area contributed by atoms with Crippen LogP contribution in [0.5, 0.6) is 5.75 Å². The molecular formula is C11H9FN4OS. The second-order valence-corrected chi connectivity index (χ2v) is 4.83. The number of fused-ring (bicyclic) bond motifs is 1. The molecule has 3 rings (SSSR count). The van der Waals surface area contributed by atoms with Gasteiger partial charge in [0.15, 0.2) is 5.82 Å². The second-order valence-electron chi connectivity index (χ2n) is 3.67. The number of benzene rings is 1. The van der Waals surface area contributed by atoms with Gasteiger partial charge in [-0.1, -0.05) is 11.3 Å². The van der Waals surface area contributed by atoms with Crippen LogP contribution in [0, 0.1) is 12.7 Å². The first-order chi connectivity index (χ1) is 8.72. The largest absolute Gasteiger partial charge is 0.486 e. The highest BCUT2D eigenvalue weighted by molar-refractivity contribution is 7.16. The van der Waals surface area contributed by atoms with E-state index in [-0.39, 0.29) is 12.4 Å². The molecule has 92 valence electrons. The van der Waals surface area contributed by atoms with Gasteiger partial charge < -0.3 is 4.74 Å². The molecule has 2 heterocycles. The van der Waals surface area contributed by atoms with Crippen LogP contribution in [0.15, 0.2) is 24.3 Å². The maximum absolute atomic E-state index is 12.7. The van der Waals surface area contributed by atoms with Crippen LogP contribution < -0.4 is 4.74 Å². The van der Waals surface area contributed by atoms with E-state index in [2.05, 4.69) is 15.3 Å². The molecule has 0 saturated carbocycles. The van der Waals surface area contributed by atoms with Crippen LogP contribution in [-0.4, -0.2) is 19.8 Å². The molecule has 0 saturated heterocycles. The number of ether oxygens (including phenoxy) is 1. The van der Waals surface area contributed by atoms with Gasteiger partial charge in [-0.3, -0.25) is 0 Å². The van der Waals surface area contributed by atoms with Crippen LogP contribution in [0.25, 0.3) is 4.96 Å². The van der Waals surface area contributed by atoms with Gasteiger partial charge in [-0.05, 0) is 31.2 Å². The third-order valence-corrected chi connectivity index (χ3v) is 3.15. The first-order valence-electron chi connectivity index (χ1n) is 5.28. The summed E-state index contributed by atoms with van der Waals surface area (Å²) in [5.74, 6) is 0.918. The predicted molar refractivity (Wildman–Crippen MR) is 64.1 cm³/mol. The molecule has 0 aliphatic heterocycles. The van der Waals surface area contributed by atoms with E-state index < -0.39 is 0 Å². The van der Waals surface area contributed by atoms with Crippen molar-refractivity contribution < 1.29 is 9.13 Å². The molecule has 3 aromatic rings. The quantitative estimate of drug-likeness (QED) is 0.727. The van der Waals surface area contributed by atoms with Gasteiger partial charge in [0.05, 0.1) is 0 Å². The maximum Gasteiger partial charge on any atom is 0.234 e. The molecular weight excluding hydrogens is 255 g/mol. The number of hydrogen-bond acceptors (Lipinski definition) is 5. The van der Waals surface area contributed by atoms with Crippen molar-refractivity contribution in [2.45, 2.75) is 13.5 Å². The zero-order valence-corrected chi connectivity index (χ0v) is 10.3. The lowest BCUT2D eigenvalue weighted by atomic mass is 10.3. The zero-order chi connectivity index (χ0) is 12.5. The van der Waals surface area contributed by atoms with E-state index in [1.807, 2.05) is 6.92 Å². The van der Waals surface area contributed by atoms with Crippen molar-refractivity contribution in [3.05, 3.63) is 40.9 Å². The predicted octanol–water partition coefficient (Wildman–Crippen LogP) is 2.21. The molecule has 7 heteroatoms. The fourth-order valence-electron chi connectivity index (χ4n) is 1.52. The fraction of sp³-hybridized carbons (Fsp3) is 0.182. The molecule has 0 atom stereocenters. The topological polar surface area (TPSA) is 52.3 Å². The van der Waals surface area contributed by atoms with E-state index in [9.17, 15) is 4.39 Å². The van der Waals surface area contributed by atoms with Crippen molar-refractivity contribution >= 4 is 16.3 Å². The molecule has 2 aromatic heterocycles. The average Bonchev–Trinajstić information content (AvgIpc) is 2.88. The lowest BCUT2D eigenvalue weighted by molar-refractivity contribution is 0.292. The number of rotatable bonds is 3. The summed E-state index contributed by atoms with van der Waals surface area (Å²) in [4.78, 5) is 0.741. The highest BCUT2D eigenvalue weighted by atomic mass is 32.1. The van der Waals surface area contributed by atoms with Gasteiger partial charge >= 0.3 is 0 Å². The standard InChI is InChI=1S/C11H9FN4OS/c1-7-15-16-10(13-14-11(16)18-7)6-17-9-4-2-8(12)3-5-9/h2-5H,6H2,1H3. The molecule has 1 aromatic carbocycles. The number of hydrogen-bond donors (Lipinski definition) is 0. The molecule has 5 nitrogen and oxygen atoms in total. The Morgan fingerprint density at radius 1 is 1.28 bits per heavy atom. The molecule has 0 fully saturated rings. The summed E-state index contributed by atoms with van der Waals surface area (Å²) in [7, 11) is 0. The van der Waals surface area contributed by atoms with Crippen molar-refractivity contribution in [1.29, 1.82) is 0 Å². The van der Waals surface area contributed by atoms with Crippen LogP contribution in [-0.2, 0) is 6.61 Å². The van der Waals surface area contributed by atoms with E-state index >= 15 is 0 Å². The number of halogens is 1. The molecule has 0 radical (unpaired) electrons. The maximum atomic E-state index is 12.7. The molecule has 0 aliphatic carbocycles. The zero-order valence-electron chi connectivity index (χ0n) is 9.50. The Morgan fingerprint density at radius 2 is 2.06 bits per heavy atom. The minimum Gasteiger partial charge on any atom is -0.486 e. The van der Waals surface area contributed by atoms with Crippen LogP contribution in [0.1, 0.15) is 10.8 Å². The molecule has 0 amide bonds. The third kappa shape index (κ3) is 2.04. The SMILES string of the molecule is Cc1nn2c(COc3ccc(F)cc3)nnc2s1. The average molecular weight is 264 g/mol. The summed E-state index contributed by atoms with van der Waals surface area (Å²) in [6.07, 6.45) is 0. The summed E-state index contributed by atoms with van der Waals surface area (Å²) >= 11 is 1.47. The van der Waals surface area contributed by atoms with Gasteiger partial charge in [0.2, 0.25) is 4.96 Å². The van der Waals surface area contributed by atoms with Gasteiger partial charge in [0, 0.05) is 0 Å². The Balaban J connectivity index is 1.78. The highest BCUT2D eigenvalue weighted by Gasteiger charge is 2.10. The third-order valence-electron chi connectivity index (χ3n) is 2.34. The van der Waals surface area contributed by atoms with Crippen molar-refractivity contribution in [2.24, 2.45) is 0 Å². The van der Waals surface area contributed by atoms with Crippen LogP contribution >= 0.6 is 11.3 Å². The summed E-state index contributed by atoms with van der Waals surface area (Å²) in [6, 6.07) is 5.84. The Kier molecular flexibility index (Phi) is 2.67. The first kappa shape index (κ1) is 11.1. The van der Waals surface area contributed by atoms with Crippen molar-refractivity contribution in [3.63, 3.8) is 0 Å². The minimum atomic E-state index is -0.289. The smallest absolute Gasteiger partial charge is 0.234 e. The van der Waals surface area contributed by atoms with Gasteiger partial charge in [-0.15, -0.1) is 10.2 Å². The number of nitrogens with zero attached hydrogens (tertiary/aromatic N) is 4. The van der Waals surface area contributed by atoms with E-state index in [1.54, 1.807) is 16.6 Å². The second kappa shape index (κ2) is 4.34. The summed E-state index contributed by atoms with van der Waals surface area (Å²) in [5, 5.41) is 13.2. The highest BCUT2D eigenvalue weighted by Crippen LogP contribution is 2.15. The summed E-state index contributed by atoms with van der Waals surface area (Å²) < 4.78 is 19.9. The van der Waals surface area contributed by atoms with Crippen LogP contribution in [0.3, 0.4) is 0 Å². The monoisotopic (exact) mass is 264 g/mol. The molecule has 0 unspecified atom stereocenters. The van der Waals surface area contributed by atoms with Gasteiger partial charge in [-0.25, -0.2) is 4.39 Å². The van der Waals surface area contributed by atoms with Gasteiger partial charge in [0.1, 0.15) is 23.2 Å². The fourth-order valence-corrected chi connectivity index (χ4v) is 2.22. The Morgan fingerprint density at radius 3 is 2.83 bits per heavy atom. The van der Waals surface area contributed by atoms with Crippen LogP contribution in [0.2, 0.25) is 0 Å². The van der Waals surface area contributed by atoms with E-state index in [0.717, 1.165) is 9.97 Å². The Bertz CT molecular complexity index is 676. The molecule has 0 N–H and O–H groups in total. The van der Waals surface area contributed by atoms with Crippen LogP contribution in [0.4, 0.5) is 4.39 Å². The van der Waals surface area contributed by atoms with E-state index in [0.29, 0.717) is 11.6 Å². The van der Waals surface area contributed by atoms with Crippen molar-refractivity contribution in [3.8, 4) is 5.75 Å². The van der Waals surface area contributed by atoms with E-state index in [1.165, 1.54) is 23.5 Å². The normalized spacial score (nSPS) is 11.0. The van der Waals surface area contributed by atoms with Crippen molar-refractivity contribution in [1.82, 2.24) is 19.8 Å². The summed E-state index contributed by atoms with van der Waals surface area (Å²) in [6.45, 7) is 2.15. The molecule has 0 spiro atoms. The minimum absolute atomic E-state index is 0.246. The Labute approximate surface area is 106 Å². The van der Waals surface area contributed by atoms with E-state index in [4.69, 9.17) is 4.74 Å². The van der Waals surface area contributed by atoms with Gasteiger partial charge in [0.25, 0.3) is 0 Å². The lowest BCUT2D eigenvalue weighted by Gasteiger charge is -2.03. The van der Waals surface area contributed by atoms with Crippen molar-refractivity contribution in [2.75, 3.05) is 0 Å². The number of aromatic nitrogens is 4. The molecule has 18 heavy (non-hydrogen) atoms. The Hall–Kier alpha value is -2.02. The molecule has 0 aliphatic rings. The summed E-state index contributed by atoms with van der Waals surface area (Å²) in [5.41, 5.74) is 0.